The van der Waals surface area contributed by atoms with Crippen LogP contribution in [0.15, 0.2) is 47.6 Å². The number of aromatic nitrogens is 1. The number of rotatable bonds is 6. The summed E-state index contributed by atoms with van der Waals surface area (Å²) in [5, 5.41) is 9.86. The van der Waals surface area contributed by atoms with Crippen molar-refractivity contribution in [3.8, 4) is 17.6 Å². The van der Waals surface area contributed by atoms with E-state index in [1.165, 1.54) is 23.6 Å². The molecule has 1 amide bonds. The molecule has 2 aliphatic rings. The largest absolute Gasteiger partial charge is 0.487 e. The zero-order valence-corrected chi connectivity index (χ0v) is 23.9. The van der Waals surface area contributed by atoms with E-state index in [1.54, 1.807) is 49.5 Å². The van der Waals surface area contributed by atoms with E-state index in [-0.39, 0.29) is 48.6 Å². The fourth-order valence-electron chi connectivity index (χ4n) is 5.14. The zero-order chi connectivity index (χ0) is 28.0. The predicted octanol–water partition coefficient (Wildman–Crippen LogP) is 3.48. The number of hydrogen-bond donors (Lipinski definition) is 1. The van der Waals surface area contributed by atoms with Crippen molar-refractivity contribution < 1.29 is 23.1 Å². The second-order valence-corrected chi connectivity index (χ2v) is 12.7. The lowest BCUT2D eigenvalue weighted by Crippen LogP contribution is -2.50. The molecule has 1 N–H and O–H groups in total. The van der Waals surface area contributed by atoms with Crippen molar-refractivity contribution in [3.63, 3.8) is 0 Å². The van der Waals surface area contributed by atoms with Crippen molar-refractivity contribution in [2.24, 2.45) is 11.8 Å². The molecule has 1 aliphatic heterocycles. The molecule has 1 aromatic heterocycles. The van der Waals surface area contributed by atoms with Crippen LogP contribution < -0.4 is 4.74 Å². The molecule has 210 valence electrons. The van der Waals surface area contributed by atoms with Crippen LogP contribution in [0.25, 0.3) is 0 Å². The van der Waals surface area contributed by atoms with E-state index in [2.05, 4.69) is 16.8 Å². The van der Waals surface area contributed by atoms with Gasteiger partial charge in [0.2, 0.25) is 15.9 Å². The average molecular weight is 554 g/mol. The van der Waals surface area contributed by atoms with Gasteiger partial charge in [0.15, 0.2) is 0 Å². The molecule has 39 heavy (non-hydrogen) atoms. The molecule has 2 heterocycles. The minimum Gasteiger partial charge on any atom is -0.487 e. The predicted molar refractivity (Wildman–Crippen MR) is 149 cm³/mol. The molecule has 4 rings (SSSR count). The van der Waals surface area contributed by atoms with Gasteiger partial charge in [0.25, 0.3) is 0 Å². The number of ether oxygens (including phenoxy) is 1. The summed E-state index contributed by atoms with van der Waals surface area (Å²) in [7, 11) is -2.20. The number of aliphatic hydroxyl groups is 1. The second-order valence-electron chi connectivity index (χ2n) is 10.8. The molecule has 1 fully saturated rings. The lowest BCUT2D eigenvalue weighted by Gasteiger charge is -2.37. The molecule has 1 aliphatic carbocycles. The zero-order valence-electron chi connectivity index (χ0n) is 23.0. The first-order chi connectivity index (χ1) is 18.7. The Morgan fingerprint density at radius 3 is 2.62 bits per heavy atom. The fraction of sp³-hybridized carbons (Fsp3) is 0.533. The highest BCUT2D eigenvalue weighted by molar-refractivity contribution is 7.89. The minimum atomic E-state index is -3.93. The number of likely N-dealkylation sites (N-methyl/N-ethyl adjacent to an activating group) is 1. The quantitative estimate of drug-likeness (QED) is 0.550. The van der Waals surface area contributed by atoms with Crippen LogP contribution in [0.2, 0.25) is 0 Å². The molecular formula is C30H39N3O5S. The normalized spacial score (nSPS) is 22.3. The lowest BCUT2D eigenvalue weighted by atomic mass is 9.90. The number of hydrogen-bond acceptors (Lipinski definition) is 6. The third kappa shape index (κ3) is 7.18. The highest BCUT2D eigenvalue weighted by Crippen LogP contribution is 2.34. The number of benzene rings is 1. The Labute approximate surface area is 232 Å². The van der Waals surface area contributed by atoms with Gasteiger partial charge < -0.3 is 14.7 Å². The number of nitrogens with zero attached hydrogens (tertiary/aromatic N) is 3. The number of amides is 1. The molecule has 1 saturated carbocycles. The van der Waals surface area contributed by atoms with Gasteiger partial charge in [-0.1, -0.05) is 38.0 Å². The van der Waals surface area contributed by atoms with Gasteiger partial charge in [-0.25, -0.2) is 8.42 Å². The van der Waals surface area contributed by atoms with E-state index in [0.29, 0.717) is 11.5 Å². The number of aliphatic hydroxyl groups excluding tert-OH is 1. The average Bonchev–Trinajstić information content (AvgIpc) is 2.94. The molecule has 8 nitrogen and oxygen atoms in total. The first kappa shape index (κ1) is 29.1. The fourth-order valence-corrected chi connectivity index (χ4v) is 6.96. The number of fused-ring (bicyclic) bond motifs is 1. The summed E-state index contributed by atoms with van der Waals surface area (Å²) in [5.41, 5.74) is 1.57. The molecule has 0 radical (unpaired) electrons. The van der Waals surface area contributed by atoms with Crippen LogP contribution in [0.4, 0.5) is 0 Å². The summed E-state index contributed by atoms with van der Waals surface area (Å²) in [6.45, 7) is 3.74. The van der Waals surface area contributed by atoms with Crippen LogP contribution in [0.1, 0.15) is 57.1 Å². The first-order valence-electron chi connectivity index (χ1n) is 13.8. The smallest absolute Gasteiger partial charge is 0.247 e. The van der Waals surface area contributed by atoms with Gasteiger partial charge in [0, 0.05) is 49.4 Å². The Balaban J connectivity index is 1.64. The third-order valence-electron chi connectivity index (χ3n) is 7.68. The Bertz CT molecular complexity index is 1300. The van der Waals surface area contributed by atoms with Crippen LogP contribution in [0.5, 0.6) is 5.75 Å². The Morgan fingerprint density at radius 2 is 1.92 bits per heavy atom. The molecular weight excluding hydrogens is 514 g/mol. The van der Waals surface area contributed by atoms with E-state index < -0.39 is 22.2 Å². The highest BCUT2D eigenvalue weighted by atomic mass is 32.2. The van der Waals surface area contributed by atoms with Crippen LogP contribution in [0.3, 0.4) is 0 Å². The second kappa shape index (κ2) is 12.9. The monoisotopic (exact) mass is 553 g/mol. The van der Waals surface area contributed by atoms with Gasteiger partial charge in [-0.15, -0.1) is 0 Å². The van der Waals surface area contributed by atoms with E-state index in [4.69, 9.17) is 4.74 Å². The van der Waals surface area contributed by atoms with Crippen LogP contribution in [0, 0.1) is 23.7 Å². The summed E-state index contributed by atoms with van der Waals surface area (Å²) >= 11 is 0. The number of pyridine rings is 1. The van der Waals surface area contributed by atoms with Crippen LogP contribution in [-0.4, -0.2) is 72.5 Å². The first-order valence-corrected chi connectivity index (χ1v) is 15.2. The van der Waals surface area contributed by atoms with E-state index in [9.17, 15) is 18.3 Å². The maximum atomic E-state index is 13.7. The molecule has 0 unspecified atom stereocenters. The summed E-state index contributed by atoms with van der Waals surface area (Å²) in [5.74, 6) is 6.87. The summed E-state index contributed by atoms with van der Waals surface area (Å²) in [4.78, 5) is 18.7. The Kier molecular flexibility index (Phi) is 9.65. The van der Waals surface area contributed by atoms with Crippen molar-refractivity contribution in [1.29, 1.82) is 0 Å². The standard InChI is InChI=1S/C30H39N3O5S/c1-22-19-33(23(2)21-34)39(36,37)29-12-11-25(10-9-24-7-5-4-6-8-24)17-27(29)38-28(22)20-32(3)30(35)18-26-13-15-31-16-14-26/h11-17,22-24,28,34H,4-8,18-21H2,1-3H3/t22-,23+,28+/m0/s1. The highest BCUT2D eigenvalue weighted by Gasteiger charge is 2.38. The summed E-state index contributed by atoms with van der Waals surface area (Å²) in [6.07, 6.45) is 8.90. The Morgan fingerprint density at radius 1 is 1.21 bits per heavy atom. The van der Waals surface area contributed by atoms with Crippen molar-refractivity contribution in [1.82, 2.24) is 14.2 Å². The maximum Gasteiger partial charge on any atom is 0.247 e. The number of carbonyl (C=O) groups is 1. The van der Waals surface area contributed by atoms with Gasteiger partial charge in [-0.05, 0) is 55.7 Å². The SMILES string of the molecule is C[C@H](CO)N1C[C@H](C)[C@@H](CN(C)C(=O)Cc2ccncc2)Oc2cc(C#CC3CCCCC3)ccc2S1(=O)=O. The van der Waals surface area contributed by atoms with E-state index in [0.717, 1.165) is 18.4 Å². The minimum absolute atomic E-state index is 0.0497. The molecule has 9 heteroatoms. The van der Waals surface area contributed by atoms with Crippen molar-refractivity contribution in [2.75, 3.05) is 26.7 Å². The number of carbonyl (C=O) groups excluding carboxylic acids is 1. The van der Waals surface area contributed by atoms with Gasteiger partial charge in [-0.2, -0.15) is 4.31 Å². The van der Waals surface area contributed by atoms with Crippen molar-refractivity contribution in [3.05, 3.63) is 53.9 Å². The molecule has 0 bridgehead atoms. The van der Waals surface area contributed by atoms with Crippen LogP contribution >= 0.6 is 0 Å². The molecule has 3 atom stereocenters. The van der Waals surface area contributed by atoms with Gasteiger partial charge in [0.1, 0.15) is 16.7 Å². The van der Waals surface area contributed by atoms with Crippen LogP contribution in [-0.2, 0) is 21.2 Å². The summed E-state index contributed by atoms with van der Waals surface area (Å²) in [6, 6.07) is 7.99. The van der Waals surface area contributed by atoms with E-state index >= 15 is 0 Å². The van der Waals surface area contributed by atoms with Gasteiger partial charge >= 0.3 is 0 Å². The molecule has 0 saturated heterocycles. The third-order valence-corrected chi connectivity index (χ3v) is 9.70. The topological polar surface area (TPSA) is 100 Å². The lowest BCUT2D eigenvalue weighted by molar-refractivity contribution is -0.130. The number of sulfonamides is 1. The summed E-state index contributed by atoms with van der Waals surface area (Å²) < 4.78 is 35.2. The van der Waals surface area contributed by atoms with Gasteiger partial charge in [0.05, 0.1) is 19.6 Å². The van der Waals surface area contributed by atoms with Crippen molar-refractivity contribution in [2.45, 2.75) is 69.4 Å². The molecule has 1 aromatic carbocycles. The van der Waals surface area contributed by atoms with Gasteiger partial charge in [-0.3, -0.25) is 9.78 Å². The van der Waals surface area contributed by atoms with Crippen molar-refractivity contribution >= 4 is 15.9 Å². The Hall–Kier alpha value is -2.93. The molecule has 0 spiro atoms. The molecule has 2 aromatic rings. The maximum absolute atomic E-state index is 13.7. The van der Waals surface area contributed by atoms with E-state index in [1.807, 2.05) is 19.1 Å².